The standard InChI is InChI=1S/C37H21NO2/c38-22-23-12-14-24(15-13-23)26-18-27(25-16-17-36-33(21-25)31-7-2-3-10-34(31)39-36)20-28(19-26)29-8-5-9-32-30-6-1-4-11-35(30)40-37(29)32/h1-21H. The summed E-state index contributed by atoms with van der Waals surface area (Å²) in [4.78, 5) is 0. The largest absolute Gasteiger partial charge is 0.456 e. The zero-order valence-electron chi connectivity index (χ0n) is 21.4. The third-order valence-corrected chi connectivity index (χ3v) is 7.71. The fourth-order valence-corrected chi connectivity index (χ4v) is 5.73. The van der Waals surface area contributed by atoms with Crippen LogP contribution >= 0.6 is 0 Å². The second-order valence-electron chi connectivity index (χ2n) is 10.1. The molecule has 2 heterocycles. The summed E-state index contributed by atoms with van der Waals surface area (Å²) in [6.45, 7) is 0. The Morgan fingerprint density at radius 3 is 1.80 bits per heavy atom. The fourth-order valence-electron chi connectivity index (χ4n) is 5.73. The lowest BCUT2D eigenvalue weighted by atomic mass is 9.92. The van der Waals surface area contributed by atoms with E-state index in [1.165, 1.54) is 0 Å². The minimum Gasteiger partial charge on any atom is -0.456 e. The van der Waals surface area contributed by atoms with E-state index in [2.05, 4.69) is 72.8 Å². The zero-order chi connectivity index (χ0) is 26.6. The number of furan rings is 2. The molecule has 0 atom stereocenters. The van der Waals surface area contributed by atoms with Gasteiger partial charge in [0.05, 0.1) is 11.6 Å². The van der Waals surface area contributed by atoms with Crippen LogP contribution in [0.15, 0.2) is 136 Å². The average molecular weight is 512 g/mol. The highest BCUT2D eigenvalue weighted by Gasteiger charge is 2.15. The molecule has 0 unspecified atom stereocenters. The van der Waals surface area contributed by atoms with Gasteiger partial charge in [-0.3, -0.25) is 0 Å². The summed E-state index contributed by atoms with van der Waals surface area (Å²) < 4.78 is 12.5. The lowest BCUT2D eigenvalue weighted by molar-refractivity contribution is 0.669. The van der Waals surface area contributed by atoms with Gasteiger partial charge in [0.2, 0.25) is 0 Å². The van der Waals surface area contributed by atoms with Crippen molar-refractivity contribution < 1.29 is 8.83 Å². The topological polar surface area (TPSA) is 50.1 Å². The summed E-state index contributed by atoms with van der Waals surface area (Å²) in [6.07, 6.45) is 0. The number of hydrogen-bond acceptors (Lipinski definition) is 3. The summed E-state index contributed by atoms with van der Waals surface area (Å²) in [5.74, 6) is 0. The molecule has 0 aliphatic rings. The minimum atomic E-state index is 0.643. The number of benzene rings is 6. The summed E-state index contributed by atoms with van der Waals surface area (Å²) in [5.41, 5.74) is 10.6. The van der Waals surface area contributed by atoms with Gasteiger partial charge in [0.15, 0.2) is 0 Å². The van der Waals surface area contributed by atoms with Crippen molar-refractivity contribution >= 4 is 43.9 Å². The quantitative estimate of drug-likeness (QED) is 0.237. The Morgan fingerprint density at radius 2 is 1.02 bits per heavy atom. The molecule has 0 spiro atoms. The first-order valence-electron chi connectivity index (χ1n) is 13.2. The first kappa shape index (κ1) is 22.4. The van der Waals surface area contributed by atoms with Crippen molar-refractivity contribution in [2.24, 2.45) is 0 Å². The van der Waals surface area contributed by atoms with Crippen LogP contribution in [0.4, 0.5) is 0 Å². The van der Waals surface area contributed by atoms with Crippen LogP contribution in [-0.2, 0) is 0 Å². The maximum absolute atomic E-state index is 9.32. The van der Waals surface area contributed by atoms with Crippen molar-refractivity contribution in [2.45, 2.75) is 0 Å². The van der Waals surface area contributed by atoms with E-state index in [0.29, 0.717) is 5.56 Å². The molecule has 3 nitrogen and oxygen atoms in total. The fraction of sp³-hybridized carbons (Fsp3) is 0. The lowest BCUT2D eigenvalue weighted by Crippen LogP contribution is -1.87. The van der Waals surface area contributed by atoms with Crippen LogP contribution in [0.1, 0.15) is 5.56 Å². The van der Waals surface area contributed by atoms with Gasteiger partial charge in [-0.05, 0) is 82.4 Å². The SMILES string of the molecule is N#Cc1ccc(-c2cc(-c3ccc4oc5ccccc5c4c3)cc(-c3cccc4c3oc3ccccc34)c2)cc1. The molecule has 0 aliphatic carbocycles. The molecule has 0 aliphatic heterocycles. The third-order valence-electron chi connectivity index (χ3n) is 7.71. The van der Waals surface area contributed by atoms with E-state index in [9.17, 15) is 5.26 Å². The summed E-state index contributed by atoms with van der Waals surface area (Å²) in [7, 11) is 0. The molecule has 8 aromatic rings. The van der Waals surface area contributed by atoms with Crippen LogP contribution in [0, 0.1) is 11.3 Å². The summed E-state index contributed by atoms with van der Waals surface area (Å²) in [5, 5.41) is 13.7. The van der Waals surface area contributed by atoms with Crippen LogP contribution in [-0.4, -0.2) is 0 Å². The molecule has 3 heteroatoms. The molecule has 0 fully saturated rings. The first-order chi connectivity index (χ1) is 19.7. The van der Waals surface area contributed by atoms with Crippen LogP contribution < -0.4 is 0 Å². The zero-order valence-corrected chi connectivity index (χ0v) is 21.4. The van der Waals surface area contributed by atoms with Crippen molar-refractivity contribution in [3.8, 4) is 39.4 Å². The number of para-hydroxylation sites is 3. The van der Waals surface area contributed by atoms with Gasteiger partial charge in [-0.15, -0.1) is 0 Å². The van der Waals surface area contributed by atoms with E-state index >= 15 is 0 Å². The number of nitriles is 1. The van der Waals surface area contributed by atoms with Crippen LogP contribution in [0.5, 0.6) is 0 Å². The Balaban J connectivity index is 1.38. The van der Waals surface area contributed by atoms with Gasteiger partial charge >= 0.3 is 0 Å². The van der Waals surface area contributed by atoms with Gasteiger partial charge in [0, 0.05) is 27.1 Å². The number of fused-ring (bicyclic) bond motifs is 6. The second kappa shape index (κ2) is 8.73. The number of hydrogen-bond donors (Lipinski definition) is 0. The third kappa shape index (κ3) is 3.51. The van der Waals surface area contributed by atoms with Crippen molar-refractivity contribution in [3.63, 3.8) is 0 Å². The van der Waals surface area contributed by atoms with E-state index < -0.39 is 0 Å². The molecule has 0 radical (unpaired) electrons. The van der Waals surface area contributed by atoms with Gasteiger partial charge in [-0.1, -0.05) is 72.8 Å². The van der Waals surface area contributed by atoms with Gasteiger partial charge < -0.3 is 8.83 Å². The summed E-state index contributed by atoms with van der Waals surface area (Å²) in [6, 6.07) is 45.7. The van der Waals surface area contributed by atoms with Gasteiger partial charge in [-0.25, -0.2) is 0 Å². The highest BCUT2D eigenvalue weighted by molar-refractivity contribution is 6.10. The van der Waals surface area contributed by atoms with E-state index in [0.717, 1.165) is 77.3 Å². The first-order valence-corrected chi connectivity index (χ1v) is 13.2. The predicted octanol–water partition coefficient (Wildman–Crippen LogP) is 10.4. The predicted molar refractivity (Wildman–Crippen MR) is 162 cm³/mol. The second-order valence-corrected chi connectivity index (χ2v) is 10.1. The monoisotopic (exact) mass is 511 g/mol. The van der Waals surface area contributed by atoms with Gasteiger partial charge in [-0.2, -0.15) is 5.26 Å². The van der Waals surface area contributed by atoms with E-state index in [1.807, 2.05) is 60.7 Å². The Kier molecular flexibility index (Phi) is 4.89. The van der Waals surface area contributed by atoms with E-state index in [1.54, 1.807) is 0 Å². The molecule has 186 valence electrons. The van der Waals surface area contributed by atoms with Gasteiger partial charge in [0.1, 0.15) is 22.3 Å². The Labute approximate surface area is 230 Å². The Bertz CT molecular complexity index is 2280. The normalized spacial score (nSPS) is 11.5. The molecule has 0 saturated carbocycles. The minimum absolute atomic E-state index is 0.643. The molecular formula is C37H21NO2. The molecule has 6 aromatic carbocycles. The van der Waals surface area contributed by atoms with Crippen molar-refractivity contribution in [3.05, 3.63) is 133 Å². The Morgan fingerprint density at radius 1 is 0.425 bits per heavy atom. The molecule has 2 aromatic heterocycles. The molecular weight excluding hydrogens is 490 g/mol. The molecule has 0 bridgehead atoms. The molecule has 40 heavy (non-hydrogen) atoms. The smallest absolute Gasteiger partial charge is 0.143 e. The van der Waals surface area contributed by atoms with Crippen molar-refractivity contribution in [2.75, 3.05) is 0 Å². The number of rotatable bonds is 3. The maximum atomic E-state index is 9.32. The highest BCUT2D eigenvalue weighted by atomic mass is 16.3. The average Bonchev–Trinajstić information content (AvgIpc) is 3.59. The van der Waals surface area contributed by atoms with Crippen LogP contribution in [0.25, 0.3) is 77.3 Å². The summed E-state index contributed by atoms with van der Waals surface area (Å²) >= 11 is 0. The van der Waals surface area contributed by atoms with Gasteiger partial charge in [0.25, 0.3) is 0 Å². The Hall–Kier alpha value is -5.59. The molecule has 8 rings (SSSR count). The maximum Gasteiger partial charge on any atom is 0.143 e. The van der Waals surface area contributed by atoms with E-state index in [4.69, 9.17) is 8.83 Å². The van der Waals surface area contributed by atoms with Crippen LogP contribution in [0.3, 0.4) is 0 Å². The van der Waals surface area contributed by atoms with E-state index in [-0.39, 0.29) is 0 Å². The number of nitrogens with zero attached hydrogens (tertiary/aromatic N) is 1. The molecule has 0 amide bonds. The molecule has 0 saturated heterocycles. The van der Waals surface area contributed by atoms with Crippen LogP contribution in [0.2, 0.25) is 0 Å². The molecule has 0 N–H and O–H groups in total. The highest BCUT2D eigenvalue weighted by Crippen LogP contribution is 2.40. The van der Waals surface area contributed by atoms with Crippen molar-refractivity contribution in [1.29, 1.82) is 5.26 Å². The lowest BCUT2D eigenvalue weighted by Gasteiger charge is -2.12. The van der Waals surface area contributed by atoms with Crippen molar-refractivity contribution in [1.82, 2.24) is 0 Å².